The Labute approximate surface area is 118 Å². The lowest BCUT2D eigenvalue weighted by Crippen LogP contribution is -2.34. The van der Waals surface area contributed by atoms with E-state index in [4.69, 9.17) is 4.42 Å². The quantitative estimate of drug-likeness (QED) is 0.928. The van der Waals surface area contributed by atoms with Gasteiger partial charge in [0, 0.05) is 0 Å². The van der Waals surface area contributed by atoms with Gasteiger partial charge >= 0.3 is 0 Å². The van der Waals surface area contributed by atoms with Gasteiger partial charge in [0.2, 0.25) is 10.0 Å². The van der Waals surface area contributed by atoms with Crippen LogP contribution in [0.4, 0.5) is 0 Å². The summed E-state index contributed by atoms with van der Waals surface area (Å²) in [6.45, 7) is 1.94. The molecule has 0 radical (unpaired) electrons. The number of benzene rings is 1. The fourth-order valence-electron chi connectivity index (χ4n) is 2.52. The van der Waals surface area contributed by atoms with Gasteiger partial charge in [-0.3, -0.25) is 0 Å². The third-order valence-electron chi connectivity index (χ3n) is 3.73. The molecule has 5 nitrogen and oxygen atoms in total. The fourth-order valence-corrected chi connectivity index (χ4v) is 3.88. The number of hydrogen-bond acceptors (Lipinski definition) is 4. The first-order chi connectivity index (χ1) is 9.56. The van der Waals surface area contributed by atoms with Crippen molar-refractivity contribution < 1.29 is 12.8 Å². The SMILES string of the molecule is Cc1ncoc1CNS(=O)(=O)C1Cc2ccccc2C1. The molecule has 0 saturated heterocycles. The van der Waals surface area contributed by atoms with Crippen LogP contribution in [0.25, 0.3) is 0 Å². The second-order valence-electron chi connectivity index (χ2n) is 5.03. The third kappa shape index (κ3) is 2.48. The van der Waals surface area contributed by atoms with Crippen molar-refractivity contribution in [3.8, 4) is 0 Å². The summed E-state index contributed by atoms with van der Waals surface area (Å²) in [6, 6.07) is 7.87. The van der Waals surface area contributed by atoms with Gasteiger partial charge in [-0.1, -0.05) is 24.3 Å². The fraction of sp³-hybridized carbons (Fsp3) is 0.357. The molecule has 1 N–H and O–H groups in total. The smallest absolute Gasteiger partial charge is 0.215 e. The molecule has 2 aromatic rings. The highest BCUT2D eigenvalue weighted by Crippen LogP contribution is 2.26. The van der Waals surface area contributed by atoms with E-state index in [0.29, 0.717) is 24.3 Å². The van der Waals surface area contributed by atoms with Gasteiger partial charge < -0.3 is 4.42 Å². The number of aromatic nitrogens is 1. The number of rotatable bonds is 4. The van der Waals surface area contributed by atoms with E-state index >= 15 is 0 Å². The van der Waals surface area contributed by atoms with Crippen LogP contribution in [0, 0.1) is 6.92 Å². The van der Waals surface area contributed by atoms with Crippen LogP contribution in [-0.2, 0) is 29.4 Å². The van der Waals surface area contributed by atoms with Gasteiger partial charge in [0.15, 0.2) is 6.39 Å². The Kier molecular flexibility index (Phi) is 3.35. The summed E-state index contributed by atoms with van der Waals surface area (Å²) in [5.41, 5.74) is 2.96. The molecular weight excluding hydrogens is 276 g/mol. The van der Waals surface area contributed by atoms with Gasteiger partial charge in [0.05, 0.1) is 17.5 Å². The van der Waals surface area contributed by atoms with Crippen molar-refractivity contribution in [2.75, 3.05) is 0 Å². The number of hydrogen-bond donors (Lipinski definition) is 1. The molecular formula is C14H16N2O3S. The Hall–Kier alpha value is -1.66. The zero-order valence-electron chi connectivity index (χ0n) is 11.2. The van der Waals surface area contributed by atoms with Gasteiger partial charge in [-0.2, -0.15) is 0 Å². The first kappa shape index (κ1) is 13.3. The molecule has 0 aliphatic heterocycles. The van der Waals surface area contributed by atoms with Crippen LogP contribution in [0.3, 0.4) is 0 Å². The highest BCUT2D eigenvalue weighted by atomic mass is 32.2. The number of nitrogens with zero attached hydrogens (tertiary/aromatic N) is 1. The van der Waals surface area contributed by atoms with E-state index < -0.39 is 15.3 Å². The zero-order valence-corrected chi connectivity index (χ0v) is 12.0. The van der Waals surface area contributed by atoms with Crippen molar-refractivity contribution >= 4 is 10.0 Å². The van der Waals surface area contributed by atoms with Crippen molar-refractivity contribution in [1.29, 1.82) is 0 Å². The van der Waals surface area contributed by atoms with Crippen LogP contribution >= 0.6 is 0 Å². The zero-order chi connectivity index (χ0) is 14.2. The minimum Gasteiger partial charge on any atom is -0.447 e. The Balaban J connectivity index is 1.70. The van der Waals surface area contributed by atoms with Gasteiger partial charge in [-0.05, 0) is 30.9 Å². The molecule has 1 aliphatic carbocycles. The van der Waals surface area contributed by atoms with E-state index in [1.54, 1.807) is 6.92 Å². The van der Waals surface area contributed by atoms with Crippen LogP contribution in [0.2, 0.25) is 0 Å². The average Bonchev–Trinajstić information content (AvgIpc) is 3.02. The average molecular weight is 292 g/mol. The number of fused-ring (bicyclic) bond motifs is 1. The second-order valence-corrected chi connectivity index (χ2v) is 7.07. The van der Waals surface area contributed by atoms with E-state index in [0.717, 1.165) is 11.1 Å². The van der Waals surface area contributed by atoms with Crippen LogP contribution < -0.4 is 4.72 Å². The molecule has 0 unspecified atom stereocenters. The van der Waals surface area contributed by atoms with Gasteiger partial charge in [-0.15, -0.1) is 0 Å². The molecule has 1 aliphatic rings. The number of sulfonamides is 1. The van der Waals surface area contributed by atoms with Crippen LogP contribution in [-0.4, -0.2) is 18.7 Å². The maximum absolute atomic E-state index is 12.3. The summed E-state index contributed by atoms with van der Waals surface area (Å²) in [7, 11) is -3.36. The van der Waals surface area contributed by atoms with Crippen LogP contribution in [0.1, 0.15) is 22.6 Å². The van der Waals surface area contributed by atoms with Crippen molar-refractivity contribution in [3.63, 3.8) is 0 Å². The molecule has 20 heavy (non-hydrogen) atoms. The largest absolute Gasteiger partial charge is 0.447 e. The maximum Gasteiger partial charge on any atom is 0.215 e. The molecule has 1 aromatic carbocycles. The van der Waals surface area contributed by atoms with Gasteiger partial charge in [0.1, 0.15) is 5.76 Å². The maximum atomic E-state index is 12.3. The predicted molar refractivity (Wildman–Crippen MR) is 74.6 cm³/mol. The summed E-state index contributed by atoms with van der Waals surface area (Å²) in [5, 5.41) is -0.400. The molecule has 0 amide bonds. The Morgan fingerprint density at radius 1 is 1.30 bits per heavy atom. The van der Waals surface area contributed by atoms with Crippen molar-refractivity contribution in [1.82, 2.24) is 9.71 Å². The minimum atomic E-state index is -3.36. The molecule has 0 saturated carbocycles. The number of nitrogens with one attached hydrogen (secondary N) is 1. The van der Waals surface area contributed by atoms with Crippen LogP contribution in [0.15, 0.2) is 35.1 Å². The summed E-state index contributed by atoms with van der Waals surface area (Å²) < 4.78 is 32.4. The summed E-state index contributed by atoms with van der Waals surface area (Å²) in [4.78, 5) is 3.95. The van der Waals surface area contributed by atoms with E-state index in [9.17, 15) is 8.42 Å². The van der Waals surface area contributed by atoms with Crippen molar-refractivity contribution in [2.45, 2.75) is 31.6 Å². The standard InChI is InChI=1S/C14H16N2O3S/c1-10-14(19-9-15-10)8-16-20(17,18)13-6-11-4-2-3-5-12(11)7-13/h2-5,9,13,16H,6-8H2,1H3. The van der Waals surface area contributed by atoms with Crippen molar-refractivity contribution in [3.05, 3.63) is 53.2 Å². The van der Waals surface area contributed by atoms with E-state index in [2.05, 4.69) is 9.71 Å². The topological polar surface area (TPSA) is 72.2 Å². The summed E-state index contributed by atoms with van der Waals surface area (Å²) >= 11 is 0. The Bertz CT molecular complexity index is 697. The van der Waals surface area contributed by atoms with E-state index in [1.807, 2.05) is 24.3 Å². The number of aryl methyl sites for hydroxylation is 1. The molecule has 6 heteroatoms. The van der Waals surface area contributed by atoms with Crippen molar-refractivity contribution in [2.24, 2.45) is 0 Å². The van der Waals surface area contributed by atoms with E-state index in [-0.39, 0.29) is 6.54 Å². The highest BCUT2D eigenvalue weighted by Gasteiger charge is 2.32. The molecule has 1 heterocycles. The molecule has 0 atom stereocenters. The molecule has 1 aromatic heterocycles. The minimum absolute atomic E-state index is 0.154. The summed E-state index contributed by atoms with van der Waals surface area (Å²) in [6.07, 6.45) is 2.46. The Morgan fingerprint density at radius 2 is 1.95 bits per heavy atom. The first-order valence-corrected chi connectivity index (χ1v) is 8.05. The van der Waals surface area contributed by atoms with Gasteiger partial charge in [-0.25, -0.2) is 18.1 Å². The lowest BCUT2D eigenvalue weighted by molar-refractivity contribution is 0.490. The Morgan fingerprint density at radius 3 is 2.50 bits per heavy atom. The lowest BCUT2D eigenvalue weighted by atomic mass is 10.1. The normalized spacial score (nSPS) is 15.4. The van der Waals surface area contributed by atoms with Crippen LogP contribution in [0.5, 0.6) is 0 Å². The molecule has 3 rings (SSSR count). The second kappa shape index (κ2) is 5.03. The monoisotopic (exact) mass is 292 g/mol. The molecule has 0 bridgehead atoms. The van der Waals surface area contributed by atoms with Gasteiger partial charge in [0.25, 0.3) is 0 Å². The highest BCUT2D eigenvalue weighted by molar-refractivity contribution is 7.90. The molecule has 0 fully saturated rings. The predicted octanol–water partition coefficient (Wildman–Crippen LogP) is 1.57. The number of oxazole rings is 1. The summed E-state index contributed by atoms with van der Waals surface area (Å²) in [5.74, 6) is 0.559. The van der Waals surface area contributed by atoms with E-state index in [1.165, 1.54) is 6.39 Å². The first-order valence-electron chi connectivity index (χ1n) is 6.50. The molecule has 0 spiro atoms. The third-order valence-corrected chi connectivity index (χ3v) is 5.49. The molecule has 106 valence electrons. The lowest BCUT2D eigenvalue weighted by Gasteiger charge is -2.11.